The molecule has 0 aliphatic carbocycles. The average Bonchev–Trinajstić information content (AvgIpc) is 1.60. The summed E-state index contributed by atoms with van der Waals surface area (Å²) in [5.74, 6) is -0.0208. The molecular weight excluding hydrogens is 126 g/mol. The molecular formula is C8H15NO. The molecule has 0 heterocycles. The molecule has 10 heavy (non-hydrogen) atoms. The molecule has 0 radical (unpaired) electrons. The van der Waals surface area contributed by atoms with Gasteiger partial charge in [0.15, 0.2) is 5.78 Å². The molecule has 0 aromatic rings. The summed E-state index contributed by atoms with van der Waals surface area (Å²) in [6.07, 6.45) is 1.57. The van der Waals surface area contributed by atoms with Gasteiger partial charge in [-0.1, -0.05) is 5.57 Å². The third kappa shape index (κ3) is 3.41. The molecule has 0 amide bonds. The van der Waals surface area contributed by atoms with Gasteiger partial charge in [-0.2, -0.15) is 0 Å². The van der Waals surface area contributed by atoms with E-state index < -0.39 is 5.54 Å². The van der Waals surface area contributed by atoms with Crippen molar-refractivity contribution in [2.45, 2.75) is 33.2 Å². The molecule has 0 atom stereocenters. The number of carbonyl (C=O) groups excluding carboxylic acids is 1. The largest absolute Gasteiger partial charge is 0.319 e. The Morgan fingerprint density at radius 1 is 1.40 bits per heavy atom. The number of rotatable bonds is 2. The number of hydrogen-bond donors (Lipinski definition) is 1. The Morgan fingerprint density at radius 3 is 1.90 bits per heavy atom. The molecule has 0 fully saturated rings. The van der Waals surface area contributed by atoms with Crippen molar-refractivity contribution in [1.82, 2.24) is 0 Å². The van der Waals surface area contributed by atoms with Crippen LogP contribution in [0.2, 0.25) is 0 Å². The summed E-state index contributed by atoms with van der Waals surface area (Å²) in [7, 11) is 0. The molecule has 0 aliphatic heterocycles. The van der Waals surface area contributed by atoms with Crippen LogP contribution in [0.3, 0.4) is 0 Å². The highest BCUT2D eigenvalue weighted by Crippen LogP contribution is 2.01. The zero-order valence-corrected chi connectivity index (χ0v) is 7.06. The average molecular weight is 141 g/mol. The molecule has 0 saturated heterocycles. The molecule has 0 aromatic heterocycles. The van der Waals surface area contributed by atoms with Crippen molar-refractivity contribution >= 4 is 5.78 Å². The lowest BCUT2D eigenvalue weighted by Gasteiger charge is -2.13. The summed E-state index contributed by atoms with van der Waals surface area (Å²) in [6, 6.07) is 0. The van der Waals surface area contributed by atoms with E-state index in [-0.39, 0.29) is 5.78 Å². The molecule has 0 unspecified atom stereocenters. The maximum atomic E-state index is 11.1. The van der Waals surface area contributed by atoms with Gasteiger partial charge in [0.1, 0.15) is 0 Å². The predicted octanol–water partition coefficient (Wildman–Crippen LogP) is 1.26. The zero-order chi connectivity index (χ0) is 8.36. The van der Waals surface area contributed by atoms with Crippen LogP contribution >= 0.6 is 0 Å². The van der Waals surface area contributed by atoms with Gasteiger partial charge in [-0.15, -0.1) is 0 Å². The zero-order valence-electron chi connectivity index (χ0n) is 7.06. The van der Waals surface area contributed by atoms with E-state index in [4.69, 9.17) is 5.73 Å². The fourth-order valence-electron chi connectivity index (χ4n) is 0.448. The van der Waals surface area contributed by atoms with Crippen LogP contribution in [0.15, 0.2) is 11.6 Å². The molecule has 2 N–H and O–H groups in total. The second-order valence-electron chi connectivity index (χ2n) is 3.31. The van der Waals surface area contributed by atoms with Crippen LogP contribution in [-0.2, 0) is 4.79 Å². The lowest BCUT2D eigenvalue weighted by Crippen LogP contribution is -2.40. The highest BCUT2D eigenvalue weighted by Gasteiger charge is 2.18. The third-order valence-electron chi connectivity index (χ3n) is 1.05. The topological polar surface area (TPSA) is 43.1 Å². The maximum Gasteiger partial charge on any atom is 0.174 e. The van der Waals surface area contributed by atoms with E-state index in [0.29, 0.717) is 0 Å². The van der Waals surface area contributed by atoms with E-state index in [2.05, 4.69) is 0 Å². The van der Waals surface area contributed by atoms with Gasteiger partial charge in [0.05, 0.1) is 5.54 Å². The van der Waals surface area contributed by atoms with E-state index in [9.17, 15) is 4.79 Å². The number of nitrogens with two attached hydrogens (primary N) is 1. The monoisotopic (exact) mass is 141 g/mol. The van der Waals surface area contributed by atoms with Crippen LogP contribution in [0.4, 0.5) is 0 Å². The van der Waals surface area contributed by atoms with Crippen molar-refractivity contribution in [3.63, 3.8) is 0 Å². The van der Waals surface area contributed by atoms with Gasteiger partial charge in [0.2, 0.25) is 0 Å². The number of allylic oxidation sites excluding steroid dienone is 1. The van der Waals surface area contributed by atoms with Crippen LogP contribution < -0.4 is 5.73 Å². The van der Waals surface area contributed by atoms with Crippen molar-refractivity contribution in [2.75, 3.05) is 0 Å². The smallest absolute Gasteiger partial charge is 0.174 e. The van der Waals surface area contributed by atoms with Crippen molar-refractivity contribution < 1.29 is 4.79 Å². The minimum Gasteiger partial charge on any atom is -0.319 e. The van der Waals surface area contributed by atoms with Crippen molar-refractivity contribution in [1.29, 1.82) is 0 Å². The summed E-state index contributed by atoms with van der Waals surface area (Å²) in [5, 5.41) is 0. The van der Waals surface area contributed by atoms with Crippen molar-refractivity contribution in [2.24, 2.45) is 5.73 Å². The lowest BCUT2D eigenvalue weighted by molar-refractivity contribution is -0.118. The first-order valence-corrected chi connectivity index (χ1v) is 3.32. The Hall–Kier alpha value is -0.630. The van der Waals surface area contributed by atoms with E-state index in [0.717, 1.165) is 5.57 Å². The second kappa shape index (κ2) is 2.97. The van der Waals surface area contributed by atoms with Crippen LogP contribution in [0.1, 0.15) is 27.7 Å². The first-order chi connectivity index (χ1) is 4.34. The molecule has 0 spiro atoms. The van der Waals surface area contributed by atoms with E-state index in [1.165, 1.54) is 0 Å². The van der Waals surface area contributed by atoms with Gasteiger partial charge >= 0.3 is 0 Å². The van der Waals surface area contributed by atoms with Gasteiger partial charge in [0.25, 0.3) is 0 Å². The standard InChI is InChI=1S/C8H15NO/c1-6(2)5-7(10)8(3,4)9/h5H,9H2,1-4H3. The predicted molar refractivity (Wildman–Crippen MR) is 42.7 cm³/mol. The molecule has 0 rings (SSSR count). The number of carbonyl (C=O) groups is 1. The van der Waals surface area contributed by atoms with Crippen molar-refractivity contribution in [3.05, 3.63) is 11.6 Å². The van der Waals surface area contributed by atoms with E-state index >= 15 is 0 Å². The normalized spacial score (nSPS) is 10.9. The quantitative estimate of drug-likeness (QED) is 0.588. The summed E-state index contributed by atoms with van der Waals surface area (Å²) in [6.45, 7) is 7.16. The summed E-state index contributed by atoms with van der Waals surface area (Å²) >= 11 is 0. The van der Waals surface area contributed by atoms with Crippen molar-refractivity contribution in [3.8, 4) is 0 Å². The molecule has 0 bridgehead atoms. The first kappa shape index (κ1) is 9.37. The highest BCUT2D eigenvalue weighted by atomic mass is 16.1. The van der Waals surface area contributed by atoms with Gasteiger partial charge < -0.3 is 5.73 Å². The van der Waals surface area contributed by atoms with Gasteiger partial charge in [-0.3, -0.25) is 4.79 Å². The van der Waals surface area contributed by atoms with E-state index in [1.54, 1.807) is 19.9 Å². The van der Waals surface area contributed by atoms with Gasteiger partial charge in [-0.05, 0) is 33.8 Å². The lowest BCUT2D eigenvalue weighted by atomic mass is 9.99. The van der Waals surface area contributed by atoms with Crippen LogP contribution in [0.25, 0.3) is 0 Å². The molecule has 2 heteroatoms. The fourth-order valence-corrected chi connectivity index (χ4v) is 0.448. The number of hydrogen-bond acceptors (Lipinski definition) is 2. The molecule has 0 aromatic carbocycles. The Kier molecular flexibility index (Phi) is 2.78. The van der Waals surface area contributed by atoms with Gasteiger partial charge in [-0.25, -0.2) is 0 Å². The highest BCUT2D eigenvalue weighted by molar-refractivity contribution is 5.97. The second-order valence-corrected chi connectivity index (χ2v) is 3.31. The minimum absolute atomic E-state index is 0.0208. The fraction of sp³-hybridized carbons (Fsp3) is 0.625. The Balaban J connectivity index is 4.27. The maximum absolute atomic E-state index is 11.1. The Labute approximate surface area is 62.1 Å². The Morgan fingerprint density at radius 2 is 1.80 bits per heavy atom. The minimum atomic E-state index is -0.725. The first-order valence-electron chi connectivity index (χ1n) is 3.32. The Bertz CT molecular complexity index is 159. The van der Waals surface area contributed by atoms with Crippen LogP contribution in [0.5, 0.6) is 0 Å². The molecule has 0 aliphatic rings. The van der Waals surface area contributed by atoms with Gasteiger partial charge in [0, 0.05) is 0 Å². The summed E-state index contributed by atoms with van der Waals surface area (Å²) < 4.78 is 0. The molecule has 58 valence electrons. The number of ketones is 1. The molecule has 0 saturated carbocycles. The SMILES string of the molecule is CC(C)=CC(=O)C(C)(C)N. The van der Waals surface area contributed by atoms with E-state index in [1.807, 2.05) is 13.8 Å². The van der Waals surface area contributed by atoms with Crippen LogP contribution in [-0.4, -0.2) is 11.3 Å². The summed E-state index contributed by atoms with van der Waals surface area (Å²) in [4.78, 5) is 11.1. The van der Waals surface area contributed by atoms with Crippen LogP contribution in [0, 0.1) is 0 Å². The third-order valence-corrected chi connectivity index (χ3v) is 1.05. The summed E-state index contributed by atoms with van der Waals surface area (Å²) in [5.41, 5.74) is 5.80. The molecule has 2 nitrogen and oxygen atoms in total.